The van der Waals surface area contributed by atoms with Crippen LogP contribution in [0.1, 0.15) is 39.3 Å². The fraction of sp³-hybridized carbons (Fsp3) is 0.412. The predicted molar refractivity (Wildman–Crippen MR) is 99.5 cm³/mol. The maximum atomic E-state index is 12.4. The molecule has 1 heterocycles. The van der Waals surface area contributed by atoms with Gasteiger partial charge in [0.25, 0.3) is 0 Å². The maximum Gasteiger partial charge on any atom is 0.338 e. The Morgan fingerprint density at radius 3 is 2.83 bits per heavy atom. The number of hydrogen-bond donors (Lipinski definition) is 1. The third kappa shape index (κ3) is 4.61. The normalized spacial score (nSPS) is 17.8. The molecule has 1 atom stereocenters. The zero-order chi connectivity index (χ0) is 17.0. The summed E-state index contributed by atoms with van der Waals surface area (Å²) >= 11 is 5.14. The summed E-state index contributed by atoms with van der Waals surface area (Å²) in [5, 5.41) is 4.46. The van der Waals surface area contributed by atoms with Crippen molar-refractivity contribution in [2.24, 2.45) is 4.99 Å². The Hall–Kier alpha value is -1.27. The van der Waals surface area contributed by atoms with Crippen LogP contribution in [0.25, 0.3) is 0 Å². The van der Waals surface area contributed by atoms with Crippen LogP contribution in [0.5, 0.6) is 0 Å². The number of aliphatic imine (C=N–C) groups is 1. The molecule has 0 saturated carbocycles. The van der Waals surface area contributed by atoms with Gasteiger partial charge in [-0.05, 0) is 31.5 Å². The number of carbonyl (C=O) groups excluding carboxylic acids is 1. The number of amidine groups is 1. The van der Waals surface area contributed by atoms with Crippen LogP contribution in [-0.4, -0.2) is 23.0 Å². The minimum absolute atomic E-state index is 0.320. The van der Waals surface area contributed by atoms with E-state index in [4.69, 9.17) is 9.73 Å². The van der Waals surface area contributed by atoms with Gasteiger partial charge in [-0.2, -0.15) is 0 Å². The van der Waals surface area contributed by atoms with Crippen LogP contribution in [0, 0.1) is 0 Å². The molecule has 124 valence electrons. The molecule has 1 N–H and O–H groups in total. The molecular weight excluding hydrogens is 376 g/mol. The Morgan fingerprint density at radius 1 is 1.48 bits per heavy atom. The lowest BCUT2D eigenvalue weighted by Crippen LogP contribution is -2.31. The highest BCUT2D eigenvalue weighted by atomic mass is 79.9. The summed E-state index contributed by atoms with van der Waals surface area (Å²) in [5.41, 5.74) is 2.33. The minimum atomic E-state index is -0.353. The SMILES string of the molecule is CCOC(=O)C1=C(C)NC(SC(C)C)=N[C@H]1c1cccc(Br)c1. The van der Waals surface area contributed by atoms with E-state index in [2.05, 4.69) is 35.1 Å². The lowest BCUT2D eigenvalue weighted by Gasteiger charge is -2.26. The topological polar surface area (TPSA) is 50.7 Å². The van der Waals surface area contributed by atoms with Gasteiger partial charge in [-0.1, -0.05) is 53.7 Å². The van der Waals surface area contributed by atoms with Gasteiger partial charge in [0.1, 0.15) is 6.04 Å². The van der Waals surface area contributed by atoms with E-state index in [1.165, 1.54) is 0 Å². The van der Waals surface area contributed by atoms with Crippen LogP contribution in [-0.2, 0) is 9.53 Å². The van der Waals surface area contributed by atoms with E-state index in [1.807, 2.05) is 38.1 Å². The first-order valence-corrected chi connectivity index (χ1v) is 9.24. The van der Waals surface area contributed by atoms with Gasteiger partial charge < -0.3 is 10.1 Å². The Morgan fingerprint density at radius 2 is 2.22 bits per heavy atom. The van der Waals surface area contributed by atoms with Crippen molar-refractivity contribution in [2.45, 2.75) is 39.0 Å². The molecular formula is C17H21BrN2O2S. The highest BCUT2D eigenvalue weighted by Gasteiger charge is 2.30. The molecule has 0 bridgehead atoms. The minimum Gasteiger partial charge on any atom is -0.463 e. The Bertz CT molecular complexity index is 656. The number of halogens is 1. The van der Waals surface area contributed by atoms with Gasteiger partial charge in [0.15, 0.2) is 5.17 Å². The quantitative estimate of drug-likeness (QED) is 0.764. The lowest BCUT2D eigenvalue weighted by atomic mass is 9.97. The summed E-state index contributed by atoms with van der Waals surface area (Å²) in [6.45, 7) is 8.28. The molecule has 1 aliphatic rings. The molecule has 0 fully saturated rings. The van der Waals surface area contributed by atoms with Crippen LogP contribution >= 0.6 is 27.7 Å². The number of nitrogens with one attached hydrogen (secondary N) is 1. The molecule has 1 aliphatic heterocycles. The van der Waals surface area contributed by atoms with Crippen LogP contribution in [0.2, 0.25) is 0 Å². The molecule has 0 spiro atoms. The zero-order valence-electron chi connectivity index (χ0n) is 13.7. The Labute approximate surface area is 149 Å². The van der Waals surface area contributed by atoms with Gasteiger partial charge in [-0.25, -0.2) is 9.79 Å². The maximum absolute atomic E-state index is 12.4. The van der Waals surface area contributed by atoms with Gasteiger partial charge in [0.2, 0.25) is 0 Å². The third-order valence-corrected chi connectivity index (χ3v) is 4.62. The Kier molecular flexibility index (Phi) is 6.30. The predicted octanol–water partition coefficient (Wildman–Crippen LogP) is 4.43. The highest BCUT2D eigenvalue weighted by Crippen LogP contribution is 2.34. The fourth-order valence-electron chi connectivity index (χ4n) is 2.32. The van der Waals surface area contributed by atoms with E-state index in [0.29, 0.717) is 17.4 Å². The second-order valence-corrected chi connectivity index (χ2v) is 7.92. The van der Waals surface area contributed by atoms with Gasteiger partial charge in [-0.3, -0.25) is 0 Å². The van der Waals surface area contributed by atoms with Crippen molar-refractivity contribution in [3.63, 3.8) is 0 Å². The molecule has 0 saturated heterocycles. The summed E-state index contributed by atoms with van der Waals surface area (Å²) in [6, 6.07) is 7.52. The summed E-state index contributed by atoms with van der Waals surface area (Å²) in [6.07, 6.45) is 0. The number of carbonyl (C=O) groups is 1. The van der Waals surface area contributed by atoms with Crippen LogP contribution < -0.4 is 5.32 Å². The van der Waals surface area contributed by atoms with E-state index in [-0.39, 0.29) is 12.0 Å². The molecule has 2 rings (SSSR count). The molecule has 0 aromatic heterocycles. The number of allylic oxidation sites excluding steroid dienone is 1. The average Bonchev–Trinajstić information content (AvgIpc) is 2.46. The standard InChI is InChI=1S/C17H21BrN2O2S/c1-5-22-16(21)14-11(4)19-17(23-10(2)3)20-15(14)12-7-6-8-13(18)9-12/h6-10,15H,5H2,1-4H3,(H,19,20)/t15-/m0/s1. The van der Waals surface area contributed by atoms with Crippen LogP contribution in [0.4, 0.5) is 0 Å². The second-order valence-electron chi connectivity index (χ2n) is 5.44. The van der Waals surface area contributed by atoms with Crippen LogP contribution in [0.3, 0.4) is 0 Å². The second kappa shape index (κ2) is 8.02. The smallest absolute Gasteiger partial charge is 0.338 e. The average molecular weight is 397 g/mol. The molecule has 0 aliphatic carbocycles. The molecule has 0 radical (unpaired) electrons. The number of nitrogens with zero attached hydrogens (tertiary/aromatic N) is 1. The first-order chi connectivity index (χ1) is 10.9. The van der Waals surface area contributed by atoms with E-state index < -0.39 is 0 Å². The molecule has 1 aromatic carbocycles. The summed E-state index contributed by atoms with van der Waals surface area (Å²) in [4.78, 5) is 17.2. The first kappa shape index (κ1) is 18.1. The number of ether oxygens (including phenoxy) is 1. The molecule has 0 unspecified atom stereocenters. The van der Waals surface area contributed by atoms with E-state index in [1.54, 1.807) is 11.8 Å². The van der Waals surface area contributed by atoms with E-state index in [0.717, 1.165) is 20.9 Å². The summed E-state index contributed by atoms with van der Waals surface area (Å²) in [7, 11) is 0. The van der Waals surface area contributed by atoms with E-state index in [9.17, 15) is 4.79 Å². The summed E-state index contributed by atoms with van der Waals surface area (Å²) in [5.74, 6) is -0.320. The zero-order valence-corrected chi connectivity index (χ0v) is 16.1. The lowest BCUT2D eigenvalue weighted by molar-refractivity contribution is -0.138. The Balaban J connectivity index is 2.45. The van der Waals surface area contributed by atoms with Gasteiger partial charge in [0.05, 0.1) is 12.2 Å². The summed E-state index contributed by atoms with van der Waals surface area (Å²) < 4.78 is 6.19. The van der Waals surface area contributed by atoms with Gasteiger partial charge >= 0.3 is 5.97 Å². The largest absolute Gasteiger partial charge is 0.463 e. The molecule has 4 nitrogen and oxygen atoms in total. The number of hydrogen-bond acceptors (Lipinski definition) is 5. The fourth-order valence-corrected chi connectivity index (χ4v) is 3.56. The van der Waals surface area contributed by atoms with Gasteiger partial charge in [-0.15, -0.1) is 0 Å². The molecule has 23 heavy (non-hydrogen) atoms. The van der Waals surface area contributed by atoms with Crippen molar-refractivity contribution >= 4 is 38.8 Å². The monoisotopic (exact) mass is 396 g/mol. The number of esters is 1. The van der Waals surface area contributed by atoms with Crippen molar-refractivity contribution < 1.29 is 9.53 Å². The van der Waals surface area contributed by atoms with Crippen molar-refractivity contribution in [3.05, 3.63) is 45.6 Å². The molecule has 0 amide bonds. The van der Waals surface area contributed by atoms with Crippen molar-refractivity contribution in [1.82, 2.24) is 5.32 Å². The van der Waals surface area contributed by atoms with Crippen molar-refractivity contribution in [2.75, 3.05) is 6.61 Å². The number of thioether (sulfide) groups is 1. The van der Waals surface area contributed by atoms with Crippen molar-refractivity contribution in [1.29, 1.82) is 0 Å². The van der Waals surface area contributed by atoms with Crippen LogP contribution in [0.15, 0.2) is 45.0 Å². The molecule has 6 heteroatoms. The first-order valence-electron chi connectivity index (χ1n) is 7.57. The third-order valence-electron chi connectivity index (χ3n) is 3.23. The number of benzene rings is 1. The highest BCUT2D eigenvalue weighted by molar-refractivity contribution is 9.10. The molecule has 1 aromatic rings. The van der Waals surface area contributed by atoms with E-state index >= 15 is 0 Å². The van der Waals surface area contributed by atoms with Crippen molar-refractivity contribution in [3.8, 4) is 0 Å². The van der Waals surface area contributed by atoms with Gasteiger partial charge in [0, 0.05) is 15.4 Å². The number of rotatable bonds is 4.